The van der Waals surface area contributed by atoms with E-state index in [1.807, 2.05) is 19.1 Å². The molecule has 2 rings (SSSR count). The smallest absolute Gasteiger partial charge is 0.120 e. The van der Waals surface area contributed by atoms with Gasteiger partial charge in [-0.25, -0.2) is 0 Å². The first-order chi connectivity index (χ1) is 8.06. The molecule has 0 amide bonds. The summed E-state index contributed by atoms with van der Waals surface area (Å²) in [6.45, 7) is 7.45. The van der Waals surface area contributed by atoms with Crippen molar-refractivity contribution in [3.8, 4) is 5.75 Å². The van der Waals surface area contributed by atoms with Crippen LogP contribution < -0.4 is 5.32 Å². The lowest BCUT2D eigenvalue weighted by Gasteiger charge is -2.20. The first-order valence-corrected chi connectivity index (χ1v) is 6.59. The summed E-state index contributed by atoms with van der Waals surface area (Å²) in [6, 6.07) is 6.13. The van der Waals surface area contributed by atoms with Gasteiger partial charge in [-0.15, -0.1) is 0 Å². The fourth-order valence-corrected chi connectivity index (χ4v) is 2.33. The molecule has 94 valence electrons. The molecule has 1 aliphatic carbocycles. The third-order valence-electron chi connectivity index (χ3n) is 4.14. The molecule has 0 aromatic heterocycles. The van der Waals surface area contributed by atoms with Gasteiger partial charge in [0, 0.05) is 18.2 Å². The summed E-state index contributed by atoms with van der Waals surface area (Å²) in [5.74, 6) is 0.409. The van der Waals surface area contributed by atoms with E-state index >= 15 is 0 Å². The van der Waals surface area contributed by atoms with Crippen molar-refractivity contribution in [2.75, 3.05) is 6.54 Å². The monoisotopic (exact) mass is 233 g/mol. The van der Waals surface area contributed by atoms with E-state index in [1.165, 1.54) is 19.3 Å². The van der Waals surface area contributed by atoms with Crippen LogP contribution in [-0.4, -0.2) is 11.7 Å². The maximum atomic E-state index is 9.92. The van der Waals surface area contributed by atoms with E-state index in [0.29, 0.717) is 11.2 Å². The fraction of sp³-hybridized carbons (Fsp3) is 0.600. The quantitative estimate of drug-likeness (QED) is 0.815. The molecule has 17 heavy (non-hydrogen) atoms. The fourth-order valence-electron chi connectivity index (χ4n) is 2.33. The SMILES string of the molecule is CCC1(CNC(C)c2ccc(C)cc2O)CC1. The van der Waals surface area contributed by atoms with Crippen molar-refractivity contribution in [2.24, 2.45) is 5.41 Å². The lowest BCUT2D eigenvalue weighted by molar-refractivity contribution is 0.403. The van der Waals surface area contributed by atoms with E-state index < -0.39 is 0 Å². The molecular weight excluding hydrogens is 210 g/mol. The number of phenols is 1. The molecule has 0 bridgehead atoms. The Morgan fingerprint density at radius 3 is 2.65 bits per heavy atom. The summed E-state index contributed by atoms with van der Waals surface area (Å²) in [7, 11) is 0. The molecule has 0 spiro atoms. The molecule has 0 heterocycles. The predicted octanol–water partition coefficient (Wildman–Crippen LogP) is 3.54. The van der Waals surface area contributed by atoms with Gasteiger partial charge in [-0.2, -0.15) is 0 Å². The molecule has 1 atom stereocenters. The lowest BCUT2D eigenvalue weighted by Crippen LogP contribution is -2.26. The van der Waals surface area contributed by atoms with Gasteiger partial charge in [0.05, 0.1) is 0 Å². The molecule has 2 heteroatoms. The number of aryl methyl sites for hydroxylation is 1. The van der Waals surface area contributed by atoms with Crippen LogP contribution in [0.15, 0.2) is 18.2 Å². The van der Waals surface area contributed by atoms with Gasteiger partial charge in [0.25, 0.3) is 0 Å². The van der Waals surface area contributed by atoms with Crippen LogP contribution in [-0.2, 0) is 0 Å². The highest BCUT2D eigenvalue weighted by Crippen LogP contribution is 2.48. The van der Waals surface area contributed by atoms with Crippen molar-refractivity contribution in [2.45, 2.75) is 46.1 Å². The topological polar surface area (TPSA) is 32.3 Å². The van der Waals surface area contributed by atoms with E-state index in [-0.39, 0.29) is 6.04 Å². The van der Waals surface area contributed by atoms with Gasteiger partial charge >= 0.3 is 0 Å². The van der Waals surface area contributed by atoms with Crippen LogP contribution in [0.3, 0.4) is 0 Å². The van der Waals surface area contributed by atoms with E-state index in [1.54, 1.807) is 0 Å². The molecule has 0 saturated heterocycles. The number of phenolic OH excluding ortho intramolecular Hbond substituents is 1. The Bertz CT molecular complexity index is 396. The Kier molecular flexibility index (Phi) is 3.43. The van der Waals surface area contributed by atoms with Gasteiger partial charge in [-0.1, -0.05) is 19.1 Å². The van der Waals surface area contributed by atoms with Gasteiger partial charge in [0.2, 0.25) is 0 Å². The maximum Gasteiger partial charge on any atom is 0.120 e. The first kappa shape index (κ1) is 12.4. The van der Waals surface area contributed by atoms with Crippen LogP contribution in [0, 0.1) is 12.3 Å². The molecule has 1 aromatic carbocycles. The van der Waals surface area contributed by atoms with Crippen molar-refractivity contribution in [1.29, 1.82) is 0 Å². The molecule has 1 aliphatic rings. The summed E-state index contributed by atoms with van der Waals surface area (Å²) < 4.78 is 0. The van der Waals surface area contributed by atoms with E-state index in [2.05, 4.69) is 25.2 Å². The van der Waals surface area contributed by atoms with Crippen LogP contribution in [0.4, 0.5) is 0 Å². The molecule has 2 nitrogen and oxygen atoms in total. The average Bonchev–Trinajstić information content (AvgIpc) is 3.07. The number of benzene rings is 1. The average molecular weight is 233 g/mol. The van der Waals surface area contributed by atoms with Crippen LogP contribution in [0.5, 0.6) is 5.75 Å². The molecule has 1 fully saturated rings. The van der Waals surface area contributed by atoms with Crippen molar-refractivity contribution in [3.05, 3.63) is 29.3 Å². The second-order valence-corrected chi connectivity index (χ2v) is 5.52. The van der Waals surface area contributed by atoms with Crippen LogP contribution in [0.2, 0.25) is 0 Å². The van der Waals surface area contributed by atoms with Crippen LogP contribution >= 0.6 is 0 Å². The van der Waals surface area contributed by atoms with Crippen molar-refractivity contribution < 1.29 is 5.11 Å². The summed E-state index contributed by atoms with van der Waals surface area (Å²) in [6.07, 6.45) is 3.96. The molecule has 2 N–H and O–H groups in total. The molecule has 1 aromatic rings. The van der Waals surface area contributed by atoms with Gasteiger partial charge in [-0.3, -0.25) is 0 Å². The highest BCUT2D eigenvalue weighted by Gasteiger charge is 2.40. The zero-order valence-electron chi connectivity index (χ0n) is 11.1. The number of hydrogen-bond acceptors (Lipinski definition) is 2. The molecular formula is C15H23NO. The highest BCUT2D eigenvalue weighted by molar-refractivity contribution is 5.37. The zero-order chi connectivity index (χ0) is 12.5. The van der Waals surface area contributed by atoms with Gasteiger partial charge in [-0.05, 0) is 50.2 Å². The van der Waals surface area contributed by atoms with Crippen molar-refractivity contribution in [3.63, 3.8) is 0 Å². The second-order valence-electron chi connectivity index (χ2n) is 5.52. The minimum absolute atomic E-state index is 0.222. The van der Waals surface area contributed by atoms with Crippen LogP contribution in [0.25, 0.3) is 0 Å². The number of aromatic hydroxyl groups is 1. The molecule has 0 aliphatic heterocycles. The Balaban J connectivity index is 1.97. The summed E-state index contributed by atoms with van der Waals surface area (Å²) in [5, 5.41) is 13.5. The molecule has 1 saturated carbocycles. The van der Waals surface area contributed by atoms with Crippen LogP contribution in [0.1, 0.15) is 50.3 Å². The number of hydrogen-bond donors (Lipinski definition) is 2. The number of nitrogens with one attached hydrogen (secondary N) is 1. The van der Waals surface area contributed by atoms with Gasteiger partial charge < -0.3 is 10.4 Å². The van der Waals surface area contributed by atoms with E-state index in [0.717, 1.165) is 17.7 Å². The Labute approximate surface area is 104 Å². The maximum absolute atomic E-state index is 9.92. The van der Waals surface area contributed by atoms with E-state index in [9.17, 15) is 5.11 Å². The normalized spacial score (nSPS) is 19.0. The summed E-state index contributed by atoms with van der Waals surface area (Å²) in [4.78, 5) is 0. The largest absolute Gasteiger partial charge is 0.508 e. The van der Waals surface area contributed by atoms with Gasteiger partial charge in [0.15, 0.2) is 0 Å². The van der Waals surface area contributed by atoms with Crippen molar-refractivity contribution in [1.82, 2.24) is 5.32 Å². The van der Waals surface area contributed by atoms with Gasteiger partial charge in [0.1, 0.15) is 5.75 Å². The number of rotatable bonds is 5. The molecule has 0 radical (unpaired) electrons. The molecule has 1 unspecified atom stereocenters. The van der Waals surface area contributed by atoms with E-state index in [4.69, 9.17) is 0 Å². The highest BCUT2D eigenvalue weighted by atomic mass is 16.3. The minimum Gasteiger partial charge on any atom is -0.508 e. The zero-order valence-corrected chi connectivity index (χ0v) is 11.1. The predicted molar refractivity (Wildman–Crippen MR) is 71.2 cm³/mol. The second kappa shape index (κ2) is 4.69. The summed E-state index contributed by atoms with van der Waals surface area (Å²) in [5.41, 5.74) is 2.65. The minimum atomic E-state index is 0.222. The Morgan fingerprint density at radius 1 is 1.41 bits per heavy atom. The lowest BCUT2D eigenvalue weighted by atomic mass is 10.0. The Hall–Kier alpha value is -1.02. The van der Waals surface area contributed by atoms with Crippen molar-refractivity contribution >= 4 is 0 Å². The summed E-state index contributed by atoms with van der Waals surface area (Å²) >= 11 is 0. The standard InChI is InChI=1S/C15H23NO/c1-4-15(7-8-15)10-16-12(3)13-6-5-11(2)9-14(13)17/h5-6,9,12,16-17H,4,7-8,10H2,1-3H3. The third-order valence-corrected chi connectivity index (χ3v) is 4.14. The third kappa shape index (κ3) is 2.81. The Morgan fingerprint density at radius 2 is 2.12 bits per heavy atom. The first-order valence-electron chi connectivity index (χ1n) is 6.59.